The third-order valence-electron chi connectivity index (χ3n) is 2.52. The molecular weight excluding hydrogens is 256 g/mol. The molecule has 6 heteroatoms. The second-order valence-electron chi connectivity index (χ2n) is 4.01. The minimum Gasteiger partial charge on any atom is -0.399 e. The van der Waals surface area contributed by atoms with Gasteiger partial charge in [-0.25, -0.2) is 13.8 Å². The van der Waals surface area contributed by atoms with Gasteiger partial charge in [0.05, 0.1) is 5.01 Å². The lowest BCUT2D eigenvalue weighted by atomic mass is 10.2. The van der Waals surface area contributed by atoms with Crippen molar-refractivity contribution in [2.24, 2.45) is 0 Å². The molecule has 2 rings (SSSR count). The summed E-state index contributed by atoms with van der Waals surface area (Å²) in [6.07, 6.45) is 1.71. The molecular formula is C12H13F2N3S. The fourth-order valence-corrected chi connectivity index (χ4v) is 2.28. The smallest absolute Gasteiger partial charge is 0.151 e. The SMILES string of the molecule is CC(CNc1c(F)cc(N)cc1F)c1nccs1. The van der Waals surface area contributed by atoms with Crippen LogP contribution in [0.4, 0.5) is 20.2 Å². The van der Waals surface area contributed by atoms with Gasteiger partial charge < -0.3 is 11.1 Å². The number of nitrogens with zero attached hydrogens (tertiary/aromatic N) is 1. The van der Waals surface area contributed by atoms with Crippen molar-refractivity contribution in [2.75, 3.05) is 17.6 Å². The monoisotopic (exact) mass is 269 g/mol. The van der Waals surface area contributed by atoms with Gasteiger partial charge in [-0.1, -0.05) is 6.92 Å². The molecule has 0 spiro atoms. The van der Waals surface area contributed by atoms with E-state index in [-0.39, 0.29) is 17.3 Å². The largest absolute Gasteiger partial charge is 0.399 e. The van der Waals surface area contributed by atoms with E-state index in [4.69, 9.17) is 5.73 Å². The fraction of sp³-hybridized carbons (Fsp3) is 0.250. The van der Waals surface area contributed by atoms with Crippen molar-refractivity contribution in [3.63, 3.8) is 0 Å². The Bertz CT molecular complexity index is 505. The molecule has 3 nitrogen and oxygen atoms in total. The summed E-state index contributed by atoms with van der Waals surface area (Å²) in [5.41, 5.74) is 5.27. The average Bonchev–Trinajstić information content (AvgIpc) is 2.80. The van der Waals surface area contributed by atoms with Crippen molar-refractivity contribution in [1.29, 1.82) is 0 Å². The molecule has 2 aromatic rings. The van der Waals surface area contributed by atoms with Crippen LogP contribution in [0.2, 0.25) is 0 Å². The van der Waals surface area contributed by atoms with Gasteiger partial charge in [0.2, 0.25) is 0 Å². The van der Waals surface area contributed by atoms with Crippen LogP contribution in [-0.4, -0.2) is 11.5 Å². The molecule has 1 atom stereocenters. The van der Waals surface area contributed by atoms with Crippen molar-refractivity contribution in [3.8, 4) is 0 Å². The average molecular weight is 269 g/mol. The molecule has 1 aromatic heterocycles. The standard InChI is InChI=1S/C12H13F2N3S/c1-7(12-16-2-3-18-12)6-17-11-9(13)4-8(15)5-10(11)14/h2-5,7,17H,6,15H2,1H3. The number of hydrogen-bond donors (Lipinski definition) is 2. The Kier molecular flexibility index (Phi) is 3.76. The molecule has 0 saturated carbocycles. The lowest BCUT2D eigenvalue weighted by Crippen LogP contribution is -2.12. The molecule has 0 saturated heterocycles. The molecule has 0 radical (unpaired) electrons. The highest BCUT2D eigenvalue weighted by Crippen LogP contribution is 2.24. The molecule has 0 bridgehead atoms. The number of benzene rings is 1. The summed E-state index contributed by atoms with van der Waals surface area (Å²) < 4.78 is 27.0. The molecule has 0 amide bonds. The van der Waals surface area contributed by atoms with Gasteiger partial charge in [-0.05, 0) is 12.1 Å². The van der Waals surface area contributed by atoms with Crippen LogP contribution in [0.25, 0.3) is 0 Å². The quantitative estimate of drug-likeness (QED) is 0.838. The number of rotatable bonds is 4. The van der Waals surface area contributed by atoms with Crippen LogP contribution in [0.3, 0.4) is 0 Å². The second kappa shape index (κ2) is 5.30. The van der Waals surface area contributed by atoms with Crippen LogP contribution < -0.4 is 11.1 Å². The van der Waals surface area contributed by atoms with Crippen molar-refractivity contribution >= 4 is 22.7 Å². The van der Waals surface area contributed by atoms with Gasteiger partial charge in [0.25, 0.3) is 0 Å². The number of nitrogen functional groups attached to an aromatic ring is 1. The van der Waals surface area contributed by atoms with E-state index >= 15 is 0 Å². The first kappa shape index (κ1) is 12.8. The van der Waals surface area contributed by atoms with Crippen molar-refractivity contribution in [3.05, 3.63) is 40.4 Å². The van der Waals surface area contributed by atoms with E-state index in [2.05, 4.69) is 10.3 Å². The van der Waals surface area contributed by atoms with E-state index in [9.17, 15) is 8.78 Å². The third kappa shape index (κ3) is 2.76. The number of anilines is 2. The van der Waals surface area contributed by atoms with Crippen molar-refractivity contribution in [1.82, 2.24) is 4.98 Å². The maximum Gasteiger partial charge on any atom is 0.151 e. The summed E-state index contributed by atoms with van der Waals surface area (Å²) in [5, 5.41) is 5.56. The summed E-state index contributed by atoms with van der Waals surface area (Å²) >= 11 is 1.52. The Morgan fingerprint density at radius 2 is 2.06 bits per heavy atom. The predicted octanol–water partition coefficient (Wildman–Crippen LogP) is 3.22. The molecule has 1 aromatic carbocycles. The predicted molar refractivity (Wildman–Crippen MR) is 69.8 cm³/mol. The van der Waals surface area contributed by atoms with Crippen LogP contribution in [-0.2, 0) is 0 Å². The summed E-state index contributed by atoms with van der Waals surface area (Å²) in [6, 6.07) is 2.19. The first-order chi connectivity index (χ1) is 8.58. The molecule has 0 aliphatic rings. The zero-order valence-corrected chi connectivity index (χ0v) is 10.6. The van der Waals surface area contributed by atoms with Gasteiger partial charge >= 0.3 is 0 Å². The summed E-state index contributed by atoms with van der Waals surface area (Å²) in [4.78, 5) is 4.16. The first-order valence-corrected chi connectivity index (χ1v) is 6.33. The van der Waals surface area contributed by atoms with Crippen LogP contribution in [0, 0.1) is 11.6 Å². The van der Waals surface area contributed by atoms with Crippen LogP contribution in [0.1, 0.15) is 17.8 Å². The molecule has 1 unspecified atom stereocenters. The van der Waals surface area contributed by atoms with Crippen LogP contribution >= 0.6 is 11.3 Å². The molecule has 0 aliphatic heterocycles. The normalized spacial score (nSPS) is 12.4. The van der Waals surface area contributed by atoms with Crippen molar-refractivity contribution in [2.45, 2.75) is 12.8 Å². The van der Waals surface area contributed by atoms with Gasteiger partial charge in [0.1, 0.15) is 5.69 Å². The Labute approximate surface area is 108 Å². The van der Waals surface area contributed by atoms with E-state index in [1.165, 1.54) is 11.3 Å². The highest BCUT2D eigenvalue weighted by molar-refractivity contribution is 7.09. The zero-order chi connectivity index (χ0) is 13.1. The Morgan fingerprint density at radius 1 is 1.39 bits per heavy atom. The maximum atomic E-state index is 13.5. The minimum absolute atomic E-state index is 0.0727. The Hall–Kier alpha value is -1.69. The van der Waals surface area contributed by atoms with E-state index in [0.717, 1.165) is 17.1 Å². The first-order valence-electron chi connectivity index (χ1n) is 5.45. The summed E-state index contributed by atoms with van der Waals surface area (Å²) in [7, 11) is 0. The minimum atomic E-state index is -0.682. The summed E-state index contributed by atoms with van der Waals surface area (Å²) in [5.74, 6) is -1.28. The number of nitrogens with two attached hydrogens (primary N) is 1. The maximum absolute atomic E-state index is 13.5. The topological polar surface area (TPSA) is 50.9 Å². The Morgan fingerprint density at radius 3 is 2.61 bits per heavy atom. The lowest BCUT2D eigenvalue weighted by Gasteiger charge is -2.13. The van der Waals surface area contributed by atoms with Crippen molar-refractivity contribution < 1.29 is 8.78 Å². The van der Waals surface area contributed by atoms with Crippen LogP contribution in [0.5, 0.6) is 0 Å². The highest BCUT2D eigenvalue weighted by atomic mass is 32.1. The number of hydrogen-bond acceptors (Lipinski definition) is 4. The fourth-order valence-electron chi connectivity index (χ4n) is 1.58. The van der Waals surface area contributed by atoms with E-state index < -0.39 is 11.6 Å². The number of thiazole rings is 1. The van der Waals surface area contributed by atoms with Gasteiger partial charge in [-0.15, -0.1) is 11.3 Å². The molecule has 1 heterocycles. The molecule has 3 N–H and O–H groups in total. The van der Waals surface area contributed by atoms with Gasteiger partial charge in [-0.3, -0.25) is 0 Å². The Balaban J connectivity index is 2.07. The molecule has 0 fully saturated rings. The molecule has 96 valence electrons. The molecule has 18 heavy (non-hydrogen) atoms. The van der Waals surface area contributed by atoms with E-state index in [0.29, 0.717) is 6.54 Å². The number of halogens is 2. The lowest BCUT2D eigenvalue weighted by molar-refractivity contribution is 0.587. The number of nitrogens with one attached hydrogen (secondary N) is 1. The summed E-state index contributed by atoms with van der Waals surface area (Å²) in [6.45, 7) is 2.35. The second-order valence-corrected chi connectivity index (χ2v) is 4.94. The van der Waals surface area contributed by atoms with Gasteiger partial charge in [0.15, 0.2) is 11.6 Å². The van der Waals surface area contributed by atoms with Gasteiger partial charge in [0, 0.05) is 29.7 Å². The van der Waals surface area contributed by atoms with Gasteiger partial charge in [-0.2, -0.15) is 0 Å². The number of aromatic nitrogens is 1. The van der Waals surface area contributed by atoms with E-state index in [1.807, 2.05) is 12.3 Å². The highest BCUT2D eigenvalue weighted by Gasteiger charge is 2.13. The zero-order valence-electron chi connectivity index (χ0n) is 9.78. The third-order valence-corrected chi connectivity index (χ3v) is 3.53. The van der Waals surface area contributed by atoms with E-state index in [1.54, 1.807) is 6.20 Å². The molecule has 0 aliphatic carbocycles. The van der Waals surface area contributed by atoms with Crippen LogP contribution in [0.15, 0.2) is 23.7 Å².